The van der Waals surface area contributed by atoms with Gasteiger partial charge in [-0.15, -0.1) is 0 Å². The third-order valence-electron chi connectivity index (χ3n) is 4.81. The second kappa shape index (κ2) is 8.96. The van der Waals surface area contributed by atoms with E-state index in [1.165, 1.54) is 31.3 Å². The maximum Gasteiger partial charge on any atom is 0.223 e. The zero-order valence-electron chi connectivity index (χ0n) is 13.9. The van der Waals surface area contributed by atoms with Gasteiger partial charge in [-0.1, -0.05) is 18.6 Å². The first kappa shape index (κ1) is 17.0. The molecule has 4 nitrogen and oxygen atoms in total. The molecule has 1 aliphatic heterocycles. The van der Waals surface area contributed by atoms with Crippen LogP contribution >= 0.6 is 0 Å². The molecule has 2 aliphatic rings. The van der Waals surface area contributed by atoms with Crippen LogP contribution in [-0.4, -0.2) is 36.3 Å². The predicted octanol–water partition coefficient (Wildman–Crippen LogP) is 3.03. The number of hydrogen-bond acceptors (Lipinski definition) is 2. The van der Waals surface area contributed by atoms with E-state index in [1.54, 1.807) is 0 Å². The zero-order valence-corrected chi connectivity index (χ0v) is 13.9. The third kappa shape index (κ3) is 5.15. The van der Waals surface area contributed by atoms with Crippen LogP contribution in [0, 0.1) is 5.92 Å². The lowest BCUT2D eigenvalue weighted by atomic mass is 9.95. The summed E-state index contributed by atoms with van der Waals surface area (Å²) in [5.74, 6) is 0.510. The minimum absolute atomic E-state index is 0.0889. The van der Waals surface area contributed by atoms with Crippen molar-refractivity contribution < 1.29 is 9.59 Å². The van der Waals surface area contributed by atoms with Crippen LogP contribution < -0.4 is 5.32 Å². The molecule has 1 fully saturated rings. The van der Waals surface area contributed by atoms with E-state index in [4.69, 9.17) is 0 Å². The van der Waals surface area contributed by atoms with Crippen molar-refractivity contribution in [1.82, 2.24) is 10.2 Å². The molecule has 1 aliphatic carbocycles. The quantitative estimate of drug-likeness (QED) is 0.767. The highest BCUT2D eigenvalue weighted by atomic mass is 16.2. The number of allylic oxidation sites excluding steroid dienone is 1. The van der Waals surface area contributed by atoms with E-state index in [1.807, 2.05) is 11.8 Å². The maximum absolute atomic E-state index is 12.2. The number of piperidine rings is 1. The summed E-state index contributed by atoms with van der Waals surface area (Å²) in [4.78, 5) is 26.0. The van der Waals surface area contributed by atoms with E-state index in [0.29, 0.717) is 6.42 Å². The fourth-order valence-corrected chi connectivity index (χ4v) is 3.39. The monoisotopic (exact) mass is 306 g/mol. The number of likely N-dealkylation sites (tertiary alicyclic amines) is 1. The maximum atomic E-state index is 12.2. The van der Waals surface area contributed by atoms with Crippen molar-refractivity contribution in [3.8, 4) is 0 Å². The number of rotatable bonds is 6. The summed E-state index contributed by atoms with van der Waals surface area (Å²) in [6.45, 7) is 4.27. The standard InChI is InChI=1S/C18H30N2O2/c1-2-6-17(21)20-13-10-16(11-14-20)18(22)19-12-9-15-7-4-3-5-8-15/h7,16H,2-6,8-14H2,1H3,(H,19,22). The van der Waals surface area contributed by atoms with Crippen LogP contribution in [-0.2, 0) is 9.59 Å². The van der Waals surface area contributed by atoms with Gasteiger partial charge >= 0.3 is 0 Å². The fourth-order valence-electron chi connectivity index (χ4n) is 3.39. The Morgan fingerprint density at radius 2 is 2.05 bits per heavy atom. The molecule has 0 spiro atoms. The summed E-state index contributed by atoms with van der Waals surface area (Å²) in [6, 6.07) is 0. The molecule has 2 rings (SSSR count). The largest absolute Gasteiger partial charge is 0.356 e. The van der Waals surface area contributed by atoms with Crippen molar-refractivity contribution in [3.63, 3.8) is 0 Å². The lowest BCUT2D eigenvalue weighted by Gasteiger charge is -2.31. The number of amides is 2. The van der Waals surface area contributed by atoms with Crippen molar-refractivity contribution in [3.05, 3.63) is 11.6 Å². The van der Waals surface area contributed by atoms with Gasteiger partial charge in [0.05, 0.1) is 0 Å². The molecule has 0 aromatic carbocycles. The van der Waals surface area contributed by atoms with Gasteiger partial charge in [-0.2, -0.15) is 0 Å². The predicted molar refractivity (Wildman–Crippen MR) is 88.4 cm³/mol. The Balaban J connectivity index is 1.64. The Morgan fingerprint density at radius 1 is 1.27 bits per heavy atom. The number of nitrogens with zero attached hydrogens (tertiary/aromatic N) is 1. The number of carbonyl (C=O) groups is 2. The van der Waals surface area contributed by atoms with Gasteiger partial charge in [0.25, 0.3) is 0 Å². The topological polar surface area (TPSA) is 49.4 Å². The second-order valence-electron chi connectivity index (χ2n) is 6.55. The van der Waals surface area contributed by atoms with Crippen molar-refractivity contribution in [1.29, 1.82) is 0 Å². The van der Waals surface area contributed by atoms with Crippen LogP contribution in [0.2, 0.25) is 0 Å². The van der Waals surface area contributed by atoms with Gasteiger partial charge in [0.15, 0.2) is 0 Å². The molecule has 0 aromatic heterocycles. The summed E-state index contributed by atoms with van der Waals surface area (Å²) in [7, 11) is 0. The Bertz CT molecular complexity index is 409. The second-order valence-corrected chi connectivity index (χ2v) is 6.55. The van der Waals surface area contributed by atoms with E-state index in [9.17, 15) is 9.59 Å². The minimum Gasteiger partial charge on any atom is -0.356 e. The van der Waals surface area contributed by atoms with Crippen molar-refractivity contribution in [2.24, 2.45) is 5.92 Å². The van der Waals surface area contributed by atoms with E-state index >= 15 is 0 Å². The molecule has 0 bridgehead atoms. The molecule has 0 radical (unpaired) electrons. The number of nitrogens with one attached hydrogen (secondary N) is 1. The van der Waals surface area contributed by atoms with E-state index < -0.39 is 0 Å². The van der Waals surface area contributed by atoms with Crippen LogP contribution in [0.4, 0.5) is 0 Å². The summed E-state index contributed by atoms with van der Waals surface area (Å²) in [6.07, 6.45) is 11.5. The first-order chi connectivity index (χ1) is 10.7. The van der Waals surface area contributed by atoms with E-state index in [2.05, 4.69) is 11.4 Å². The highest BCUT2D eigenvalue weighted by Gasteiger charge is 2.26. The molecule has 1 N–H and O–H groups in total. The molecule has 0 unspecified atom stereocenters. The molecule has 0 saturated carbocycles. The van der Waals surface area contributed by atoms with E-state index in [-0.39, 0.29) is 17.7 Å². The SMILES string of the molecule is CCCC(=O)N1CCC(C(=O)NCCC2=CCCCC2)CC1. The van der Waals surface area contributed by atoms with Crippen molar-refractivity contribution in [2.45, 2.75) is 64.7 Å². The number of hydrogen-bond donors (Lipinski definition) is 1. The molecule has 0 atom stereocenters. The minimum atomic E-state index is 0.0889. The average molecular weight is 306 g/mol. The smallest absolute Gasteiger partial charge is 0.223 e. The first-order valence-electron chi connectivity index (χ1n) is 8.94. The van der Waals surface area contributed by atoms with Crippen molar-refractivity contribution >= 4 is 11.8 Å². The molecule has 124 valence electrons. The molecule has 22 heavy (non-hydrogen) atoms. The zero-order chi connectivity index (χ0) is 15.8. The molecular formula is C18H30N2O2. The normalized spacial score (nSPS) is 19.7. The van der Waals surface area contributed by atoms with E-state index in [0.717, 1.165) is 45.3 Å². The lowest BCUT2D eigenvalue weighted by molar-refractivity contribution is -0.135. The summed E-state index contributed by atoms with van der Waals surface area (Å²) in [5, 5.41) is 3.09. The molecular weight excluding hydrogens is 276 g/mol. The molecule has 1 heterocycles. The van der Waals surface area contributed by atoms with Crippen LogP contribution in [0.3, 0.4) is 0 Å². The Hall–Kier alpha value is -1.32. The lowest BCUT2D eigenvalue weighted by Crippen LogP contribution is -2.43. The van der Waals surface area contributed by atoms with Gasteiger partial charge in [0.1, 0.15) is 0 Å². The third-order valence-corrected chi connectivity index (χ3v) is 4.81. The van der Waals surface area contributed by atoms with Gasteiger partial charge in [-0.25, -0.2) is 0 Å². The Morgan fingerprint density at radius 3 is 2.68 bits per heavy atom. The Labute approximate surface area is 134 Å². The molecule has 1 saturated heterocycles. The van der Waals surface area contributed by atoms with Gasteiger partial charge in [0.2, 0.25) is 11.8 Å². The summed E-state index contributed by atoms with van der Waals surface area (Å²) in [5.41, 5.74) is 1.51. The van der Waals surface area contributed by atoms with Gasteiger partial charge in [-0.3, -0.25) is 9.59 Å². The summed E-state index contributed by atoms with van der Waals surface area (Å²) < 4.78 is 0. The highest BCUT2D eigenvalue weighted by Crippen LogP contribution is 2.20. The van der Waals surface area contributed by atoms with Gasteiger partial charge < -0.3 is 10.2 Å². The van der Waals surface area contributed by atoms with Gasteiger partial charge in [-0.05, 0) is 51.4 Å². The Kier molecular flexibility index (Phi) is 6.94. The van der Waals surface area contributed by atoms with Crippen LogP contribution in [0.25, 0.3) is 0 Å². The van der Waals surface area contributed by atoms with Gasteiger partial charge in [0, 0.05) is 32.0 Å². The molecule has 4 heteroatoms. The molecule has 0 aromatic rings. The fraction of sp³-hybridized carbons (Fsp3) is 0.778. The first-order valence-corrected chi connectivity index (χ1v) is 8.94. The van der Waals surface area contributed by atoms with Crippen molar-refractivity contribution in [2.75, 3.05) is 19.6 Å². The van der Waals surface area contributed by atoms with Crippen LogP contribution in [0.1, 0.15) is 64.7 Å². The summed E-state index contributed by atoms with van der Waals surface area (Å²) >= 11 is 0. The average Bonchev–Trinajstić information content (AvgIpc) is 2.56. The molecule has 2 amide bonds. The number of carbonyl (C=O) groups excluding carboxylic acids is 2. The van der Waals surface area contributed by atoms with Crippen LogP contribution in [0.5, 0.6) is 0 Å². The highest BCUT2D eigenvalue weighted by molar-refractivity contribution is 5.80. The van der Waals surface area contributed by atoms with Crippen LogP contribution in [0.15, 0.2) is 11.6 Å².